The number of rotatable bonds is 8. The van der Waals surface area contributed by atoms with E-state index in [1.165, 1.54) is 36.4 Å². The summed E-state index contributed by atoms with van der Waals surface area (Å²) in [6.07, 6.45) is 4.84. The Kier molecular flexibility index (Phi) is 8.55. The molecule has 0 fully saturated rings. The predicted octanol–water partition coefficient (Wildman–Crippen LogP) is 0.266. The van der Waals surface area contributed by atoms with E-state index < -0.39 is 45.8 Å². The summed E-state index contributed by atoms with van der Waals surface area (Å²) in [4.78, 5) is 48.5. The average molecular weight is 471 g/mol. The molecule has 2 aromatic carbocycles. The maximum Gasteiger partial charge on any atom is 0.348 e. The number of hydrogen-bond acceptors (Lipinski definition) is 8. The summed E-state index contributed by atoms with van der Waals surface area (Å²) in [5.41, 5.74) is -3.18. The van der Waals surface area contributed by atoms with Crippen molar-refractivity contribution in [1.29, 1.82) is 0 Å². The molecule has 0 aromatic heterocycles. The highest BCUT2D eigenvalue weighted by Crippen LogP contribution is 2.31. The minimum atomic E-state index is -3.95. The zero-order valence-corrected chi connectivity index (χ0v) is 17.9. The van der Waals surface area contributed by atoms with Crippen molar-refractivity contribution >= 4 is 23.5 Å². The number of carboxylic acid groups (broad SMARTS) is 2. The molecule has 0 saturated heterocycles. The molecule has 0 bridgehead atoms. The number of hydrogen-bond donors (Lipinski definition) is 6. The Hall–Kier alpha value is -3.70. The fourth-order valence-corrected chi connectivity index (χ4v) is 3.37. The Morgan fingerprint density at radius 3 is 1.38 bits per heavy atom. The van der Waals surface area contributed by atoms with Crippen molar-refractivity contribution in [3.8, 4) is 0 Å². The molecule has 1 aliphatic rings. The second-order valence-electron chi connectivity index (χ2n) is 7.65. The number of nitrogens with two attached hydrogens (primary N) is 1. The van der Waals surface area contributed by atoms with E-state index in [1.54, 1.807) is 0 Å². The van der Waals surface area contributed by atoms with Gasteiger partial charge in [-0.25, -0.2) is 9.59 Å². The Morgan fingerprint density at radius 2 is 1.15 bits per heavy atom. The monoisotopic (exact) mass is 471 g/mol. The fraction of sp³-hybridized carbons (Fsp3) is 0.250. The molecular formula is C24H25NO9. The maximum atomic E-state index is 12.6. The van der Waals surface area contributed by atoms with Crippen molar-refractivity contribution in [3.05, 3.63) is 83.9 Å². The normalized spacial score (nSPS) is 20.2. The molecule has 7 N–H and O–H groups in total. The largest absolute Gasteiger partial charge is 0.479 e. The van der Waals surface area contributed by atoms with Gasteiger partial charge in [0.15, 0.2) is 0 Å². The minimum absolute atomic E-state index is 0.187. The van der Waals surface area contributed by atoms with Crippen molar-refractivity contribution in [1.82, 2.24) is 0 Å². The number of aliphatic carboxylic acids is 2. The Balaban J connectivity index is 0.000000430. The van der Waals surface area contributed by atoms with Crippen LogP contribution in [0.25, 0.3) is 0 Å². The SMILES string of the molecule is N[C@@H]1C=C[C@H](CO)C1.O=C(O)C(O)(C(=O)c1ccccc1)C(O)(C(=O)O)C(=O)c1ccccc1. The smallest absolute Gasteiger partial charge is 0.348 e. The van der Waals surface area contributed by atoms with Crippen molar-refractivity contribution in [3.63, 3.8) is 0 Å². The minimum Gasteiger partial charge on any atom is -0.479 e. The van der Waals surface area contributed by atoms with Crippen LogP contribution in [0, 0.1) is 5.92 Å². The van der Waals surface area contributed by atoms with Crippen LogP contribution in [-0.4, -0.2) is 72.9 Å². The lowest BCUT2D eigenvalue weighted by atomic mass is 9.73. The first kappa shape index (κ1) is 26.6. The summed E-state index contributed by atoms with van der Waals surface area (Å²) >= 11 is 0. The van der Waals surface area contributed by atoms with Crippen LogP contribution in [0.1, 0.15) is 27.1 Å². The van der Waals surface area contributed by atoms with Gasteiger partial charge < -0.3 is 31.3 Å². The van der Waals surface area contributed by atoms with E-state index >= 15 is 0 Å². The number of carboxylic acids is 2. The van der Waals surface area contributed by atoms with E-state index in [4.69, 9.17) is 10.8 Å². The second kappa shape index (κ2) is 10.9. The predicted molar refractivity (Wildman–Crippen MR) is 119 cm³/mol. The lowest BCUT2D eigenvalue weighted by molar-refractivity contribution is -0.187. The molecule has 10 heteroatoms. The highest BCUT2D eigenvalue weighted by atomic mass is 16.5. The molecule has 1 aliphatic carbocycles. The molecule has 0 saturated carbocycles. The van der Waals surface area contributed by atoms with Crippen LogP contribution >= 0.6 is 0 Å². The number of ketones is 2. The van der Waals surface area contributed by atoms with Crippen molar-refractivity contribution in [2.45, 2.75) is 23.7 Å². The summed E-state index contributed by atoms with van der Waals surface area (Å²) in [6.45, 7) is 0.240. The molecule has 0 amide bonds. The highest BCUT2D eigenvalue weighted by Gasteiger charge is 2.69. The number of carbonyl (C=O) groups excluding carboxylic acids is 2. The number of Topliss-reactive ketones (excluding diaryl/α,β-unsaturated/α-hetero) is 2. The van der Waals surface area contributed by atoms with Gasteiger partial charge in [0.05, 0.1) is 0 Å². The fourth-order valence-electron chi connectivity index (χ4n) is 3.37. The summed E-state index contributed by atoms with van der Waals surface area (Å²) in [6, 6.07) is 13.0. The molecular weight excluding hydrogens is 446 g/mol. The van der Waals surface area contributed by atoms with E-state index in [2.05, 4.69) is 0 Å². The summed E-state index contributed by atoms with van der Waals surface area (Å²) < 4.78 is 0. The van der Waals surface area contributed by atoms with Gasteiger partial charge in [0, 0.05) is 29.7 Å². The van der Waals surface area contributed by atoms with Crippen molar-refractivity contribution < 1.29 is 44.7 Å². The van der Waals surface area contributed by atoms with Gasteiger partial charge in [0.2, 0.25) is 11.6 Å². The lowest BCUT2D eigenvalue weighted by Crippen LogP contribution is -2.71. The van der Waals surface area contributed by atoms with Crippen LogP contribution in [0.2, 0.25) is 0 Å². The van der Waals surface area contributed by atoms with E-state index in [0.29, 0.717) is 5.92 Å². The topological polar surface area (TPSA) is 195 Å². The van der Waals surface area contributed by atoms with E-state index in [9.17, 15) is 39.6 Å². The van der Waals surface area contributed by atoms with Crippen LogP contribution in [-0.2, 0) is 9.59 Å². The van der Waals surface area contributed by atoms with Crippen LogP contribution in [0.4, 0.5) is 0 Å². The summed E-state index contributed by atoms with van der Waals surface area (Å²) in [5, 5.41) is 48.4. The van der Waals surface area contributed by atoms with Crippen LogP contribution in [0.3, 0.4) is 0 Å². The van der Waals surface area contributed by atoms with Crippen LogP contribution < -0.4 is 5.73 Å². The second-order valence-corrected chi connectivity index (χ2v) is 7.65. The number of aliphatic hydroxyl groups is 3. The molecule has 34 heavy (non-hydrogen) atoms. The van der Waals surface area contributed by atoms with Gasteiger partial charge in [0.25, 0.3) is 11.2 Å². The Bertz CT molecular complexity index is 997. The third kappa shape index (κ3) is 5.10. The Morgan fingerprint density at radius 1 is 0.765 bits per heavy atom. The van der Waals surface area contributed by atoms with Gasteiger partial charge >= 0.3 is 11.9 Å². The standard InChI is InChI=1S/C18H14O8.C6H11NO/c19-13(11-7-3-1-4-8-11)17(25,15(21)22)18(26,16(23)24)14(20)12-9-5-2-6-10-12;7-6-2-1-5(3-6)4-8/h1-10,25-26H,(H,21,22)(H,23,24);1-2,5-6,8H,3-4,7H2/t;5-,6+/m.0/s1. The van der Waals surface area contributed by atoms with Gasteiger partial charge in [0.1, 0.15) is 0 Å². The third-order valence-corrected chi connectivity index (χ3v) is 5.31. The molecule has 0 aliphatic heterocycles. The maximum absolute atomic E-state index is 12.6. The molecule has 0 radical (unpaired) electrons. The zero-order valence-electron chi connectivity index (χ0n) is 17.9. The molecule has 180 valence electrons. The zero-order chi connectivity index (χ0) is 25.5. The molecule has 0 heterocycles. The van der Waals surface area contributed by atoms with Gasteiger partial charge in [-0.1, -0.05) is 72.8 Å². The van der Waals surface area contributed by atoms with E-state index in [-0.39, 0.29) is 12.6 Å². The van der Waals surface area contributed by atoms with E-state index in [0.717, 1.165) is 30.7 Å². The Labute approximate surface area is 194 Å². The van der Waals surface area contributed by atoms with Crippen molar-refractivity contribution in [2.75, 3.05) is 6.61 Å². The molecule has 3 rings (SSSR count). The van der Waals surface area contributed by atoms with Gasteiger partial charge in [-0.05, 0) is 6.42 Å². The third-order valence-electron chi connectivity index (χ3n) is 5.31. The first-order chi connectivity index (χ1) is 16.0. The highest BCUT2D eigenvalue weighted by molar-refractivity contribution is 6.28. The average Bonchev–Trinajstić information content (AvgIpc) is 3.28. The first-order valence-electron chi connectivity index (χ1n) is 10.2. The summed E-state index contributed by atoms with van der Waals surface area (Å²) in [7, 11) is 0. The number of aliphatic hydroxyl groups excluding tert-OH is 1. The van der Waals surface area contributed by atoms with Gasteiger partial charge in [-0.2, -0.15) is 0 Å². The quantitative estimate of drug-likeness (QED) is 0.177. The first-order valence-corrected chi connectivity index (χ1v) is 10.2. The summed E-state index contributed by atoms with van der Waals surface area (Å²) in [5.74, 6) is -7.70. The molecule has 0 spiro atoms. The van der Waals surface area contributed by atoms with Crippen LogP contribution in [0.15, 0.2) is 72.8 Å². The van der Waals surface area contributed by atoms with Crippen molar-refractivity contribution in [2.24, 2.45) is 11.7 Å². The van der Waals surface area contributed by atoms with Gasteiger partial charge in [-0.15, -0.1) is 0 Å². The molecule has 10 nitrogen and oxygen atoms in total. The molecule has 2 aromatic rings. The number of carbonyl (C=O) groups is 4. The van der Waals surface area contributed by atoms with E-state index in [1.807, 2.05) is 12.2 Å². The number of benzene rings is 2. The lowest BCUT2D eigenvalue weighted by Gasteiger charge is -2.34. The molecule has 4 atom stereocenters. The molecule has 2 unspecified atom stereocenters. The van der Waals surface area contributed by atoms with Crippen LogP contribution in [0.5, 0.6) is 0 Å². The van der Waals surface area contributed by atoms with Gasteiger partial charge in [-0.3, -0.25) is 9.59 Å².